The van der Waals surface area contributed by atoms with Crippen LogP contribution in [0.2, 0.25) is 0 Å². The summed E-state index contributed by atoms with van der Waals surface area (Å²) in [7, 11) is 3.16. The van der Waals surface area contributed by atoms with Crippen LogP contribution < -0.4 is 5.32 Å². The van der Waals surface area contributed by atoms with E-state index < -0.39 is 4.65 Å². The van der Waals surface area contributed by atoms with E-state index in [9.17, 15) is 10.0 Å². The molecule has 0 bridgehead atoms. The Labute approximate surface area is 144 Å². The van der Waals surface area contributed by atoms with Crippen molar-refractivity contribution in [1.82, 2.24) is 5.32 Å². The lowest BCUT2D eigenvalue weighted by Crippen LogP contribution is -2.53. The number of carbonyl (C=O) groups is 1. The molecular weight excluding hydrogens is 288 g/mol. The molecule has 0 saturated carbocycles. The van der Waals surface area contributed by atoms with Gasteiger partial charge >= 0.3 is 0 Å². The molecule has 0 radical (unpaired) electrons. The molecule has 0 aliphatic heterocycles. The molecule has 23 heavy (non-hydrogen) atoms. The normalized spacial score (nSPS) is 13.1. The van der Waals surface area contributed by atoms with E-state index in [1.807, 2.05) is 6.92 Å². The van der Waals surface area contributed by atoms with Crippen molar-refractivity contribution in [3.63, 3.8) is 0 Å². The van der Waals surface area contributed by atoms with Gasteiger partial charge in [0.15, 0.2) is 6.17 Å². The fourth-order valence-corrected chi connectivity index (χ4v) is 2.90. The first-order valence-corrected chi connectivity index (χ1v) is 9.75. The van der Waals surface area contributed by atoms with E-state index in [0.29, 0.717) is 12.8 Å². The van der Waals surface area contributed by atoms with Crippen molar-refractivity contribution >= 4 is 5.91 Å². The second-order valence-electron chi connectivity index (χ2n) is 7.21. The highest BCUT2D eigenvalue weighted by Gasteiger charge is 2.19. The van der Waals surface area contributed by atoms with Crippen LogP contribution in [0.1, 0.15) is 97.3 Å². The molecule has 1 amide bonds. The van der Waals surface area contributed by atoms with Crippen molar-refractivity contribution in [2.45, 2.75) is 103 Å². The van der Waals surface area contributed by atoms with E-state index in [4.69, 9.17) is 0 Å². The van der Waals surface area contributed by atoms with Gasteiger partial charge in [0, 0.05) is 12.8 Å². The Hall–Kier alpha value is -0.610. The molecule has 0 spiro atoms. The zero-order chi connectivity index (χ0) is 17.6. The predicted molar refractivity (Wildman–Crippen MR) is 98.8 cm³/mol. The smallest absolute Gasteiger partial charge is 0.224 e. The highest BCUT2D eigenvalue weighted by molar-refractivity contribution is 5.75. The van der Waals surface area contributed by atoms with Gasteiger partial charge in [-0.05, 0) is 6.42 Å². The fraction of sp³-hybridized carbons (Fsp3) is 0.947. The van der Waals surface area contributed by atoms with Crippen molar-refractivity contribution in [2.75, 3.05) is 14.1 Å². The minimum absolute atomic E-state index is 0.0230. The first-order chi connectivity index (χ1) is 10.9. The summed E-state index contributed by atoms with van der Waals surface area (Å²) in [6, 6.07) is 0. The van der Waals surface area contributed by atoms with Crippen molar-refractivity contribution < 1.29 is 9.44 Å². The predicted octanol–water partition coefficient (Wildman–Crippen LogP) is 5.11. The minimum Gasteiger partial charge on any atom is -0.632 e. The standard InChI is InChI=1S/C19H40N2O2/c1-5-7-8-9-10-11-12-13-14-15-16-17-19(22)20-18(6-2)21(3,4)23/h18H,5-17H2,1-4H3,(H,20,22). The van der Waals surface area contributed by atoms with Gasteiger partial charge in [-0.25, -0.2) is 0 Å². The maximum atomic E-state index is 11.9. The van der Waals surface area contributed by atoms with Crippen LogP contribution in [0.25, 0.3) is 0 Å². The molecule has 1 unspecified atom stereocenters. The first-order valence-electron chi connectivity index (χ1n) is 9.75. The average molecular weight is 329 g/mol. The SMILES string of the molecule is CCCCCCCCCCCCCC(=O)NC(CC)[N+](C)(C)[O-]. The van der Waals surface area contributed by atoms with E-state index in [-0.39, 0.29) is 12.1 Å². The molecule has 0 saturated heterocycles. The average Bonchev–Trinajstić information content (AvgIpc) is 2.49. The summed E-state index contributed by atoms with van der Waals surface area (Å²) in [6.07, 6.45) is 15.0. The highest BCUT2D eigenvalue weighted by atomic mass is 16.5. The largest absolute Gasteiger partial charge is 0.632 e. The number of hydroxylamine groups is 3. The van der Waals surface area contributed by atoms with Gasteiger partial charge in [-0.15, -0.1) is 0 Å². The molecular formula is C19H40N2O2. The van der Waals surface area contributed by atoms with Crippen molar-refractivity contribution in [1.29, 1.82) is 0 Å². The summed E-state index contributed by atoms with van der Waals surface area (Å²) in [6.45, 7) is 4.19. The van der Waals surface area contributed by atoms with Gasteiger partial charge in [-0.1, -0.05) is 78.1 Å². The summed E-state index contributed by atoms with van der Waals surface area (Å²) < 4.78 is -0.458. The Morgan fingerprint density at radius 3 is 1.70 bits per heavy atom. The van der Waals surface area contributed by atoms with Gasteiger partial charge in [-0.2, -0.15) is 0 Å². The van der Waals surface area contributed by atoms with Gasteiger partial charge in [0.05, 0.1) is 14.1 Å². The number of hydrogen-bond acceptors (Lipinski definition) is 2. The van der Waals surface area contributed by atoms with Crippen LogP contribution in [0.4, 0.5) is 0 Å². The third-order valence-electron chi connectivity index (χ3n) is 4.47. The number of unbranched alkanes of at least 4 members (excludes halogenated alkanes) is 10. The van der Waals surface area contributed by atoms with E-state index >= 15 is 0 Å². The Balaban J connectivity index is 3.45. The quantitative estimate of drug-likeness (QED) is 0.196. The molecule has 1 atom stereocenters. The second-order valence-corrected chi connectivity index (χ2v) is 7.21. The molecule has 1 N–H and O–H groups in total. The number of hydrogen-bond donors (Lipinski definition) is 1. The maximum absolute atomic E-state index is 11.9. The molecule has 4 heteroatoms. The van der Waals surface area contributed by atoms with E-state index in [1.165, 1.54) is 57.8 Å². The molecule has 0 aromatic heterocycles. The third kappa shape index (κ3) is 13.5. The van der Waals surface area contributed by atoms with Crippen molar-refractivity contribution in [2.24, 2.45) is 0 Å². The van der Waals surface area contributed by atoms with Gasteiger partial charge in [-0.3, -0.25) is 4.79 Å². The van der Waals surface area contributed by atoms with E-state index in [1.54, 1.807) is 14.1 Å². The molecule has 0 aromatic rings. The minimum atomic E-state index is -0.458. The third-order valence-corrected chi connectivity index (χ3v) is 4.47. The zero-order valence-corrected chi connectivity index (χ0v) is 16.0. The molecule has 0 aliphatic rings. The molecule has 0 aromatic carbocycles. The van der Waals surface area contributed by atoms with Gasteiger partial charge in [0.1, 0.15) is 0 Å². The number of nitrogens with zero attached hydrogens (tertiary/aromatic N) is 1. The Morgan fingerprint density at radius 2 is 1.30 bits per heavy atom. The Bertz CT molecular complexity index is 288. The van der Waals surface area contributed by atoms with Crippen molar-refractivity contribution in [3.8, 4) is 0 Å². The highest BCUT2D eigenvalue weighted by Crippen LogP contribution is 2.12. The topological polar surface area (TPSA) is 52.2 Å². The zero-order valence-electron chi connectivity index (χ0n) is 16.0. The molecule has 4 nitrogen and oxygen atoms in total. The van der Waals surface area contributed by atoms with Crippen LogP contribution in [0.5, 0.6) is 0 Å². The van der Waals surface area contributed by atoms with Crippen LogP contribution in [-0.2, 0) is 4.79 Å². The number of nitrogens with one attached hydrogen (secondary N) is 1. The number of rotatable bonds is 15. The lowest BCUT2D eigenvalue weighted by molar-refractivity contribution is -0.869. The van der Waals surface area contributed by atoms with Crippen LogP contribution in [0, 0.1) is 5.21 Å². The summed E-state index contributed by atoms with van der Waals surface area (Å²) in [4.78, 5) is 11.9. The molecule has 0 heterocycles. The van der Waals surface area contributed by atoms with Crippen LogP contribution in [0.3, 0.4) is 0 Å². The van der Waals surface area contributed by atoms with Gasteiger partial charge < -0.3 is 15.2 Å². The van der Waals surface area contributed by atoms with E-state index in [0.717, 1.165) is 12.8 Å². The van der Waals surface area contributed by atoms with Gasteiger partial charge in [0.2, 0.25) is 5.91 Å². The van der Waals surface area contributed by atoms with Crippen LogP contribution in [-0.4, -0.2) is 30.8 Å². The summed E-state index contributed by atoms with van der Waals surface area (Å²) >= 11 is 0. The summed E-state index contributed by atoms with van der Waals surface area (Å²) in [5, 5.41) is 14.7. The molecule has 138 valence electrons. The lowest BCUT2D eigenvalue weighted by atomic mass is 10.1. The fourth-order valence-electron chi connectivity index (χ4n) is 2.90. The Morgan fingerprint density at radius 1 is 0.870 bits per heavy atom. The van der Waals surface area contributed by atoms with Crippen LogP contribution >= 0.6 is 0 Å². The lowest BCUT2D eigenvalue weighted by Gasteiger charge is -2.41. The number of carbonyl (C=O) groups excluding carboxylic acids is 1. The molecule has 0 aliphatic carbocycles. The first kappa shape index (κ1) is 22.4. The second kappa shape index (κ2) is 13.8. The summed E-state index contributed by atoms with van der Waals surface area (Å²) in [5.74, 6) is 0.0230. The molecule has 0 fully saturated rings. The molecule has 0 rings (SSSR count). The van der Waals surface area contributed by atoms with E-state index in [2.05, 4.69) is 12.2 Å². The van der Waals surface area contributed by atoms with Gasteiger partial charge in [0.25, 0.3) is 0 Å². The summed E-state index contributed by atoms with van der Waals surface area (Å²) in [5.41, 5.74) is 0. The maximum Gasteiger partial charge on any atom is 0.224 e. The number of amides is 1. The number of quaternary nitrogens is 1. The monoisotopic (exact) mass is 328 g/mol. The van der Waals surface area contributed by atoms with Crippen LogP contribution in [0.15, 0.2) is 0 Å². The van der Waals surface area contributed by atoms with Crippen molar-refractivity contribution in [3.05, 3.63) is 5.21 Å². The Kier molecular flexibility index (Phi) is 13.4.